The van der Waals surface area contributed by atoms with Gasteiger partial charge in [0.05, 0.1) is 16.9 Å². The number of thioether (sulfide) groups is 1. The first kappa shape index (κ1) is 19.0. The molecule has 1 N–H and O–H groups in total. The molecule has 1 aromatic carbocycles. The van der Waals surface area contributed by atoms with Gasteiger partial charge in [0.2, 0.25) is 5.91 Å². The van der Waals surface area contributed by atoms with Crippen LogP contribution < -0.4 is 5.32 Å². The van der Waals surface area contributed by atoms with Crippen molar-refractivity contribution < 1.29 is 14.4 Å². The molecule has 5 nitrogen and oxygen atoms in total. The van der Waals surface area contributed by atoms with E-state index in [1.54, 1.807) is 24.3 Å². The zero-order chi connectivity index (χ0) is 18.7. The molecule has 3 atom stereocenters. The average Bonchev–Trinajstić information content (AvgIpc) is 2.87. The van der Waals surface area contributed by atoms with E-state index in [4.69, 9.17) is 0 Å². The molecule has 0 aromatic heterocycles. The summed E-state index contributed by atoms with van der Waals surface area (Å²) < 4.78 is 0. The number of hydrogen-bond donors (Lipinski definition) is 1. The lowest BCUT2D eigenvalue weighted by Crippen LogP contribution is -2.44. The Kier molecular flexibility index (Phi) is 6.01. The van der Waals surface area contributed by atoms with Crippen molar-refractivity contribution in [1.82, 2.24) is 10.2 Å². The van der Waals surface area contributed by atoms with Gasteiger partial charge in [-0.15, -0.1) is 0 Å². The summed E-state index contributed by atoms with van der Waals surface area (Å²) in [6.07, 6.45) is 3.46. The summed E-state index contributed by atoms with van der Waals surface area (Å²) in [5.41, 5.74) is 0.946. The van der Waals surface area contributed by atoms with Crippen molar-refractivity contribution in [2.75, 3.05) is 18.1 Å². The molecule has 0 unspecified atom stereocenters. The Hall–Kier alpha value is -1.82. The topological polar surface area (TPSA) is 66.5 Å². The molecular weight excluding hydrogens is 348 g/mol. The number of rotatable bonds is 6. The van der Waals surface area contributed by atoms with E-state index in [9.17, 15) is 14.4 Å². The van der Waals surface area contributed by atoms with Gasteiger partial charge < -0.3 is 5.32 Å². The number of nitrogens with one attached hydrogen (secondary N) is 1. The molecule has 1 aliphatic heterocycles. The number of carbonyl (C=O) groups is 3. The fourth-order valence-corrected chi connectivity index (χ4v) is 4.52. The molecule has 3 rings (SSSR count). The predicted octanol–water partition coefficient (Wildman–Crippen LogP) is 2.96. The summed E-state index contributed by atoms with van der Waals surface area (Å²) in [7, 11) is 0. The molecule has 1 aliphatic carbocycles. The first-order valence-corrected chi connectivity index (χ1v) is 10.5. The highest BCUT2D eigenvalue weighted by Crippen LogP contribution is 2.29. The Morgan fingerprint density at radius 3 is 2.46 bits per heavy atom. The van der Waals surface area contributed by atoms with Gasteiger partial charge in [-0.3, -0.25) is 19.3 Å². The van der Waals surface area contributed by atoms with Crippen LogP contribution >= 0.6 is 11.8 Å². The number of hydrogen-bond acceptors (Lipinski definition) is 4. The van der Waals surface area contributed by atoms with Gasteiger partial charge in [-0.25, -0.2) is 0 Å². The molecule has 1 saturated carbocycles. The van der Waals surface area contributed by atoms with Crippen LogP contribution in [-0.2, 0) is 4.79 Å². The summed E-state index contributed by atoms with van der Waals surface area (Å²) in [5.74, 6) is 1.66. The quantitative estimate of drug-likeness (QED) is 0.614. The number of carbonyl (C=O) groups excluding carboxylic acids is 3. The van der Waals surface area contributed by atoms with E-state index in [0.29, 0.717) is 41.0 Å². The summed E-state index contributed by atoms with van der Waals surface area (Å²) in [6, 6.07) is 7.16. The van der Waals surface area contributed by atoms with Gasteiger partial charge in [-0.2, -0.15) is 11.8 Å². The second kappa shape index (κ2) is 8.25. The maximum atomic E-state index is 12.3. The Balaban J connectivity index is 1.41. The molecule has 3 amide bonds. The van der Waals surface area contributed by atoms with Crippen LogP contribution in [0.2, 0.25) is 0 Å². The number of amides is 3. The van der Waals surface area contributed by atoms with Crippen LogP contribution in [0.3, 0.4) is 0 Å². The van der Waals surface area contributed by atoms with Crippen LogP contribution in [0.4, 0.5) is 0 Å². The molecule has 0 saturated heterocycles. The van der Waals surface area contributed by atoms with Crippen molar-refractivity contribution in [3.8, 4) is 0 Å². The molecule has 1 fully saturated rings. The molecule has 6 heteroatoms. The standard InChI is InChI=1S/C20H26N2O3S/c1-13-6-5-9-17(14(13)2)21-18(23)12-26-11-10-22-19(24)15-7-3-4-8-16(15)20(22)25/h3-4,7-8,13-14,17H,5-6,9-12H2,1-2H3,(H,21,23)/t13-,14-,17-/m1/s1. The van der Waals surface area contributed by atoms with E-state index in [1.807, 2.05) is 0 Å². The van der Waals surface area contributed by atoms with Crippen LogP contribution in [0, 0.1) is 11.8 Å². The third-order valence-electron chi connectivity index (χ3n) is 5.62. The first-order chi connectivity index (χ1) is 12.5. The van der Waals surface area contributed by atoms with E-state index in [1.165, 1.54) is 29.5 Å². The Labute approximate surface area is 158 Å². The number of imide groups is 1. The van der Waals surface area contributed by atoms with E-state index in [2.05, 4.69) is 19.2 Å². The first-order valence-electron chi connectivity index (χ1n) is 9.31. The third-order valence-corrected chi connectivity index (χ3v) is 6.56. The highest BCUT2D eigenvalue weighted by molar-refractivity contribution is 7.99. The smallest absolute Gasteiger partial charge is 0.261 e. The van der Waals surface area contributed by atoms with Crippen LogP contribution in [0.1, 0.15) is 53.8 Å². The van der Waals surface area contributed by atoms with E-state index < -0.39 is 0 Å². The number of nitrogens with zero attached hydrogens (tertiary/aromatic N) is 1. The molecule has 0 spiro atoms. The number of fused-ring (bicyclic) bond motifs is 1. The van der Waals surface area contributed by atoms with Crippen molar-refractivity contribution in [1.29, 1.82) is 0 Å². The minimum atomic E-state index is -0.235. The van der Waals surface area contributed by atoms with Crippen LogP contribution in [-0.4, -0.2) is 46.7 Å². The zero-order valence-electron chi connectivity index (χ0n) is 15.4. The van der Waals surface area contributed by atoms with Crippen molar-refractivity contribution >= 4 is 29.5 Å². The maximum absolute atomic E-state index is 12.3. The van der Waals surface area contributed by atoms with E-state index in [0.717, 1.165) is 6.42 Å². The van der Waals surface area contributed by atoms with Crippen LogP contribution in [0.5, 0.6) is 0 Å². The SMILES string of the molecule is C[C@@H]1[C@H](C)CCC[C@H]1NC(=O)CSCCN1C(=O)c2ccccc2C1=O. The van der Waals surface area contributed by atoms with Gasteiger partial charge >= 0.3 is 0 Å². The van der Waals surface area contributed by atoms with Crippen molar-refractivity contribution in [3.05, 3.63) is 35.4 Å². The van der Waals surface area contributed by atoms with Crippen molar-refractivity contribution in [2.24, 2.45) is 11.8 Å². The Bertz CT molecular complexity index is 671. The van der Waals surface area contributed by atoms with Gasteiger partial charge in [0.1, 0.15) is 0 Å². The van der Waals surface area contributed by atoms with E-state index in [-0.39, 0.29) is 23.8 Å². The molecule has 2 aliphatic rings. The highest BCUT2D eigenvalue weighted by Gasteiger charge is 2.34. The van der Waals surface area contributed by atoms with Crippen molar-refractivity contribution in [2.45, 2.75) is 39.2 Å². The normalized spacial score (nSPS) is 25.3. The molecule has 140 valence electrons. The Morgan fingerprint density at radius 1 is 1.15 bits per heavy atom. The third kappa shape index (κ3) is 3.95. The maximum Gasteiger partial charge on any atom is 0.261 e. The molecule has 1 aromatic rings. The van der Waals surface area contributed by atoms with Gasteiger partial charge in [-0.05, 0) is 30.4 Å². The molecule has 0 bridgehead atoms. The lowest BCUT2D eigenvalue weighted by atomic mass is 9.78. The predicted molar refractivity (Wildman–Crippen MR) is 103 cm³/mol. The second-order valence-electron chi connectivity index (χ2n) is 7.30. The van der Waals surface area contributed by atoms with Crippen LogP contribution in [0.25, 0.3) is 0 Å². The fraction of sp³-hybridized carbons (Fsp3) is 0.550. The van der Waals surface area contributed by atoms with Crippen LogP contribution in [0.15, 0.2) is 24.3 Å². The summed E-state index contributed by atoms with van der Waals surface area (Å²) >= 11 is 1.46. The van der Waals surface area contributed by atoms with Gasteiger partial charge in [0.25, 0.3) is 11.8 Å². The van der Waals surface area contributed by atoms with Gasteiger partial charge in [0.15, 0.2) is 0 Å². The lowest BCUT2D eigenvalue weighted by molar-refractivity contribution is -0.120. The lowest BCUT2D eigenvalue weighted by Gasteiger charge is -2.34. The summed E-state index contributed by atoms with van der Waals surface area (Å²) in [5, 5.41) is 3.15. The van der Waals surface area contributed by atoms with E-state index >= 15 is 0 Å². The number of benzene rings is 1. The summed E-state index contributed by atoms with van der Waals surface area (Å²) in [6.45, 7) is 4.80. The second-order valence-corrected chi connectivity index (χ2v) is 8.41. The molecular formula is C20H26N2O3S. The Morgan fingerprint density at radius 2 is 1.81 bits per heavy atom. The molecule has 0 radical (unpaired) electrons. The fourth-order valence-electron chi connectivity index (χ4n) is 3.80. The monoisotopic (exact) mass is 374 g/mol. The zero-order valence-corrected chi connectivity index (χ0v) is 16.2. The van der Waals surface area contributed by atoms with Gasteiger partial charge in [-0.1, -0.05) is 38.8 Å². The van der Waals surface area contributed by atoms with Crippen molar-refractivity contribution in [3.63, 3.8) is 0 Å². The average molecular weight is 375 g/mol. The molecule has 1 heterocycles. The minimum Gasteiger partial charge on any atom is -0.352 e. The molecule has 26 heavy (non-hydrogen) atoms. The largest absolute Gasteiger partial charge is 0.352 e. The summed E-state index contributed by atoms with van der Waals surface area (Å²) in [4.78, 5) is 38.0. The minimum absolute atomic E-state index is 0.0447. The van der Waals surface area contributed by atoms with Gasteiger partial charge in [0, 0.05) is 18.3 Å². The highest BCUT2D eigenvalue weighted by atomic mass is 32.2.